The fraction of sp³-hybridized carbons (Fsp3) is 0.0714. The summed E-state index contributed by atoms with van der Waals surface area (Å²) >= 11 is 14.9. The van der Waals surface area contributed by atoms with E-state index in [1.807, 2.05) is 0 Å². The SMILES string of the molecule is Nc1c(Cl)cc(C(=O)Cc2ccc(Br)cc2F)cc1Cl. The summed E-state index contributed by atoms with van der Waals surface area (Å²) in [6.07, 6.45) is -0.0737. The Morgan fingerprint density at radius 3 is 2.35 bits per heavy atom. The molecule has 0 heterocycles. The normalized spacial score (nSPS) is 10.6. The minimum absolute atomic E-state index is 0.0737. The van der Waals surface area contributed by atoms with Gasteiger partial charge in [0, 0.05) is 16.5 Å². The summed E-state index contributed by atoms with van der Waals surface area (Å²) < 4.78 is 14.3. The second-order valence-corrected chi connectivity index (χ2v) is 5.92. The first-order chi connectivity index (χ1) is 9.38. The second-order valence-electron chi connectivity index (χ2n) is 4.19. The van der Waals surface area contributed by atoms with Crippen molar-refractivity contribution in [1.29, 1.82) is 0 Å². The first kappa shape index (κ1) is 15.3. The van der Waals surface area contributed by atoms with Crippen LogP contribution in [0, 0.1) is 5.82 Å². The van der Waals surface area contributed by atoms with Gasteiger partial charge in [-0.2, -0.15) is 0 Å². The number of hydrogen-bond acceptors (Lipinski definition) is 2. The molecule has 0 aliphatic rings. The average molecular weight is 377 g/mol. The van der Waals surface area contributed by atoms with Gasteiger partial charge in [-0.15, -0.1) is 0 Å². The van der Waals surface area contributed by atoms with E-state index in [9.17, 15) is 9.18 Å². The highest BCUT2D eigenvalue weighted by Crippen LogP contribution is 2.29. The van der Waals surface area contributed by atoms with Crippen LogP contribution in [0.15, 0.2) is 34.8 Å². The maximum Gasteiger partial charge on any atom is 0.167 e. The first-order valence-electron chi connectivity index (χ1n) is 5.60. The van der Waals surface area contributed by atoms with Crippen molar-refractivity contribution < 1.29 is 9.18 Å². The van der Waals surface area contributed by atoms with Gasteiger partial charge in [-0.3, -0.25) is 4.79 Å². The van der Waals surface area contributed by atoms with Crippen molar-refractivity contribution in [3.05, 3.63) is 61.8 Å². The number of anilines is 1. The number of ketones is 1. The van der Waals surface area contributed by atoms with Crippen LogP contribution in [0.4, 0.5) is 10.1 Å². The van der Waals surface area contributed by atoms with Gasteiger partial charge in [0.25, 0.3) is 0 Å². The molecule has 0 unspecified atom stereocenters. The van der Waals surface area contributed by atoms with E-state index in [-0.39, 0.29) is 27.9 Å². The molecular weight excluding hydrogens is 368 g/mol. The van der Waals surface area contributed by atoms with E-state index in [4.69, 9.17) is 28.9 Å². The van der Waals surface area contributed by atoms with E-state index in [2.05, 4.69) is 15.9 Å². The van der Waals surface area contributed by atoms with Crippen LogP contribution >= 0.6 is 39.1 Å². The van der Waals surface area contributed by atoms with Crippen molar-refractivity contribution in [3.63, 3.8) is 0 Å². The van der Waals surface area contributed by atoms with Gasteiger partial charge >= 0.3 is 0 Å². The number of Topliss-reactive ketones (excluding diaryl/α,β-unsaturated/α-hetero) is 1. The highest BCUT2D eigenvalue weighted by molar-refractivity contribution is 9.10. The van der Waals surface area contributed by atoms with Crippen molar-refractivity contribution in [3.8, 4) is 0 Å². The first-order valence-corrected chi connectivity index (χ1v) is 7.15. The Hall–Kier alpha value is -1.10. The average Bonchev–Trinajstić information content (AvgIpc) is 2.38. The van der Waals surface area contributed by atoms with E-state index in [1.54, 1.807) is 12.1 Å². The predicted molar refractivity (Wildman–Crippen MR) is 83.0 cm³/mol. The lowest BCUT2D eigenvalue weighted by atomic mass is 10.0. The van der Waals surface area contributed by atoms with Gasteiger partial charge in [-0.1, -0.05) is 45.2 Å². The molecule has 2 N–H and O–H groups in total. The molecule has 0 spiro atoms. The van der Waals surface area contributed by atoms with Gasteiger partial charge in [0.05, 0.1) is 15.7 Å². The van der Waals surface area contributed by atoms with E-state index in [0.29, 0.717) is 15.6 Å². The Morgan fingerprint density at radius 2 is 1.80 bits per heavy atom. The number of rotatable bonds is 3. The van der Waals surface area contributed by atoms with Crippen LogP contribution in [0.25, 0.3) is 0 Å². The van der Waals surface area contributed by atoms with Gasteiger partial charge < -0.3 is 5.73 Å². The molecule has 0 aliphatic carbocycles. The lowest BCUT2D eigenvalue weighted by molar-refractivity contribution is 0.0992. The van der Waals surface area contributed by atoms with Gasteiger partial charge in [0.2, 0.25) is 0 Å². The molecule has 2 aromatic rings. The largest absolute Gasteiger partial charge is 0.396 e. The van der Waals surface area contributed by atoms with Crippen LogP contribution < -0.4 is 5.73 Å². The van der Waals surface area contributed by atoms with Crippen molar-refractivity contribution in [1.82, 2.24) is 0 Å². The van der Waals surface area contributed by atoms with Crippen LogP contribution in [0.3, 0.4) is 0 Å². The standard InChI is InChI=1S/C14H9BrCl2FNO/c15-9-2-1-7(12(18)6-9)5-13(20)8-3-10(16)14(19)11(17)4-8/h1-4,6H,5,19H2. The highest BCUT2D eigenvalue weighted by Gasteiger charge is 2.14. The molecule has 0 aliphatic heterocycles. The molecule has 2 nitrogen and oxygen atoms in total. The Kier molecular flexibility index (Phi) is 4.68. The zero-order chi connectivity index (χ0) is 14.9. The number of carbonyl (C=O) groups excluding carboxylic acids is 1. The smallest absolute Gasteiger partial charge is 0.167 e. The van der Waals surface area contributed by atoms with Crippen LogP contribution in [0.2, 0.25) is 10.0 Å². The van der Waals surface area contributed by atoms with E-state index >= 15 is 0 Å². The summed E-state index contributed by atoms with van der Waals surface area (Å²) in [5.74, 6) is -0.726. The zero-order valence-corrected chi connectivity index (χ0v) is 13.2. The second kappa shape index (κ2) is 6.12. The number of nitrogen functional groups attached to an aromatic ring is 1. The summed E-state index contributed by atoms with van der Waals surface area (Å²) in [6, 6.07) is 7.40. The molecule has 20 heavy (non-hydrogen) atoms. The lowest BCUT2D eigenvalue weighted by Crippen LogP contribution is -2.06. The summed E-state index contributed by atoms with van der Waals surface area (Å²) in [6.45, 7) is 0. The molecule has 0 fully saturated rings. The third-order valence-corrected chi connectivity index (χ3v) is 3.89. The van der Waals surface area contributed by atoms with E-state index < -0.39 is 5.82 Å². The molecule has 0 saturated carbocycles. The Bertz CT molecular complexity index is 668. The minimum Gasteiger partial charge on any atom is -0.396 e. The highest BCUT2D eigenvalue weighted by atomic mass is 79.9. The van der Waals surface area contributed by atoms with Crippen molar-refractivity contribution in [2.75, 3.05) is 5.73 Å². The fourth-order valence-electron chi connectivity index (χ4n) is 1.69. The van der Waals surface area contributed by atoms with Gasteiger partial charge in [0.1, 0.15) is 5.82 Å². The molecule has 2 aromatic carbocycles. The third kappa shape index (κ3) is 3.32. The maximum atomic E-state index is 13.7. The maximum absolute atomic E-state index is 13.7. The molecule has 0 bridgehead atoms. The molecule has 0 radical (unpaired) electrons. The van der Waals surface area contributed by atoms with Crippen molar-refractivity contribution >= 4 is 50.6 Å². The Balaban J connectivity index is 2.28. The fourth-order valence-corrected chi connectivity index (χ4v) is 2.51. The molecule has 6 heteroatoms. The van der Waals surface area contributed by atoms with Crippen LogP contribution in [0.1, 0.15) is 15.9 Å². The van der Waals surface area contributed by atoms with E-state index in [0.717, 1.165) is 0 Å². The van der Waals surface area contributed by atoms with Gasteiger partial charge in [0.15, 0.2) is 5.78 Å². The molecule has 104 valence electrons. The van der Waals surface area contributed by atoms with Crippen LogP contribution in [-0.2, 0) is 6.42 Å². The van der Waals surface area contributed by atoms with Crippen LogP contribution in [-0.4, -0.2) is 5.78 Å². The number of benzene rings is 2. The summed E-state index contributed by atoms with van der Waals surface area (Å²) in [7, 11) is 0. The topological polar surface area (TPSA) is 43.1 Å². The molecule has 0 saturated heterocycles. The summed E-state index contributed by atoms with van der Waals surface area (Å²) in [5.41, 5.74) is 6.44. The quantitative estimate of drug-likeness (QED) is 0.611. The number of hydrogen-bond donors (Lipinski definition) is 1. The number of halogens is 4. The Labute approximate surface area is 133 Å². The van der Waals surface area contributed by atoms with Crippen molar-refractivity contribution in [2.24, 2.45) is 0 Å². The van der Waals surface area contributed by atoms with Crippen molar-refractivity contribution in [2.45, 2.75) is 6.42 Å². The minimum atomic E-state index is -0.444. The van der Waals surface area contributed by atoms with Gasteiger partial charge in [-0.05, 0) is 29.8 Å². The zero-order valence-electron chi connectivity index (χ0n) is 10.1. The lowest BCUT2D eigenvalue weighted by Gasteiger charge is -2.07. The Morgan fingerprint density at radius 1 is 1.20 bits per heavy atom. The van der Waals surface area contributed by atoms with Crippen LogP contribution in [0.5, 0.6) is 0 Å². The third-order valence-electron chi connectivity index (χ3n) is 2.77. The molecular formula is C14H9BrCl2FNO. The number of nitrogens with two attached hydrogens (primary N) is 1. The molecule has 0 amide bonds. The predicted octanol–water partition coefficient (Wildman–Crippen LogP) is 4.90. The molecule has 0 aromatic heterocycles. The monoisotopic (exact) mass is 375 g/mol. The summed E-state index contributed by atoms with van der Waals surface area (Å²) in [5, 5.41) is 0.411. The number of carbonyl (C=O) groups is 1. The molecule has 2 rings (SSSR count). The van der Waals surface area contributed by atoms with E-state index in [1.165, 1.54) is 18.2 Å². The molecule has 0 atom stereocenters. The van der Waals surface area contributed by atoms with Gasteiger partial charge in [-0.25, -0.2) is 4.39 Å². The summed E-state index contributed by atoms with van der Waals surface area (Å²) in [4.78, 5) is 12.1.